The number of nitrogens with one attached hydrogen (secondary N) is 1. The van der Waals surface area contributed by atoms with Crippen LogP contribution in [0.4, 0.5) is 0 Å². The first-order valence-electron chi connectivity index (χ1n) is 6.61. The van der Waals surface area contributed by atoms with Crippen LogP contribution in [0.3, 0.4) is 0 Å². The average molecular weight is 250 g/mol. The zero-order valence-electron chi connectivity index (χ0n) is 11.4. The molecule has 1 N–H and O–H groups in total. The van der Waals surface area contributed by atoms with Crippen molar-refractivity contribution in [2.45, 2.75) is 38.8 Å². The van der Waals surface area contributed by atoms with Crippen LogP contribution in [0.15, 0.2) is 12.3 Å². The summed E-state index contributed by atoms with van der Waals surface area (Å²) >= 11 is 0. The van der Waals surface area contributed by atoms with Gasteiger partial charge in [0.2, 0.25) is 0 Å². The minimum atomic E-state index is -0.0265. The maximum atomic E-state index is 12.1. The molecule has 0 aromatic carbocycles. The predicted molar refractivity (Wildman–Crippen MR) is 70.6 cm³/mol. The van der Waals surface area contributed by atoms with Crippen molar-refractivity contribution < 1.29 is 4.79 Å². The fraction of sp³-hybridized carbons (Fsp3) is 0.692. The fourth-order valence-corrected chi connectivity index (χ4v) is 2.36. The predicted octanol–water partition coefficient (Wildman–Crippen LogP) is 1.29. The highest BCUT2D eigenvalue weighted by Crippen LogP contribution is 2.22. The lowest BCUT2D eigenvalue weighted by Gasteiger charge is -2.29. The van der Waals surface area contributed by atoms with Gasteiger partial charge in [-0.15, -0.1) is 0 Å². The molecule has 2 rings (SSSR count). The molecule has 1 aliphatic rings. The number of amides is 1. The van der Waals surface area contributed by atoms with Gasteiger partial charge in [-0.2, -0.15) is 5.10 Å². The second-order valence-electron chi connectivity index (χ2n) is 5.32. The van der Waals surface area contributed by atoms with Gasteiger partial charge in [-0.3, -0.25) is 9.48 Å². The second-order valence-corrected chi connectivity index (χ2v) is 5.32. The standard InChI is InChI=1S/C13H22N4O/c1-10(2)15-13(18)12-4-7-14-17(12)11-5-8-16(3)9-6-11/h4,7,10-11H,5-6,8-9H2,1-3H3,(H,15,18). The average Bonchev–Trinajstić information content (AvgIpc) is 2.78. The number of hydrogen-bond donors (Lipinski definition) is 1. The lowest BCUT2D eigenvalue weighted by Crippen LogP contribution is -2.36. The van der Waals surface area contributed by atoms with E-state index in [1.807, 2.05) is 18.5 Å². The first-order valence-corrected chi connectivity index (χ1v) is 6.61. The van der Waals surface area contributed by atoms with Crippen LogP contribution in [0.25, 0.3) is 0 Å². The number of rotatable bonds is 3. The fourth-order valence-electron chi connectivity index (χ4n) is 2.36. The smallest absolute Gasteiger partial charge is 0.269 e. The van der Waals surface area contributed by atoms with Crippen LogP contribution in [0.2, 0.25) is 0 Å². The van der Waals surface area contributed by atoms with Crippen molar-refractivity contribution in [3.8, 4) is 0 Å². The molecule has 1 amide bonds. The molecular weight excluding hydrogens is 228 g/mol. The molecule has 18 heavy (non-hydrogen) atoms. The molecule has 5 nitrogen and oxygen atoms in total. The summed E-state index contributed by atoms with van der Waals surface area (Å²) < 4.78 is 1.89. The molecule has 2 heterocycles. The van der Waals surface area contributed by atoms with Gasteiger partial charge in [0.05, 0.1) is 6.04 Å². The lowest BCUT2D eigenvalue weighted by atomic mass is 10.1. The highest BCUT2D eigenvalue weighted by Gasteiger charge is 2.23. The highest BCUT2D eigenvalue weighted by atomic mass is 16.2. The van der Waals surface area contributed by atoms with Crippen molar-refractivity contribution in [1.82, 2.24) is 20.0 Å². The Kier molecular flexibility index (Phi) is 4.01. The third kappa shape index (κ3) is 2.90. The van der Waals surface area contributed by atoms with E-state index in [-0.39, 0.29) is 11.9 Å². The minimum Gasteiger partial charge on any atom is -0.349 e. The lowest BCUT2D eigenvalue weighted by molar-refractivity contribution is 0.0924. The Labute approximate surface area is 108 Å². The topological polar surface area (TPSA) is 50.2 Å². The SMILES string of the molecule is CC(C)NC(=O)c1ccnn1C1CCN(C)CC1. The maximum absolute atomic E-state index is 12.1. The number of piperidine rings is 1. The molecule has 0 saturated carbocycles. The van der Waals surface area contributed by atoms with E-state index in [0.717, 1.165) is 25.9 Å². The van der Waals surface area contributed by atoms with Crippen molar-refractivity contribution in [3.05, 3.63) is 18.0 Å². The molecule has 0 unspecified atom stereocenters. The van der Waals surface area contributed by atoms with Crippen LogP contribution in [0, 0.1) is 0 Å². The van der Waals surface area contributed by atoms with Gasteiger partial charge in [0.15, 0.2) is 0 Å². The van der Waals surface area contributed by atoms with Gasteiger partial charge in [-0.1, -0.05) is 0 Å². The molecular formula is C13H22N4O. The minimum absolute atomic E-state index is 0.0265. The van der Waals surface area contributed by atoms with E-state index < -0.39 is 0 Å². The number of nitrogens with zero attached hydrogens (tertiary/aromatic N) is 3. The molecule has 5 heteroatoms. The molecule has 1 aromatic heterocycles. The molecule has 0 bridgehead atoms. The monoisotopic (exact) mass is 250 g/mol. The number of likely N-dealkylation sites (tertiary alicyclic amines) is 1. The van der Waals surface area contributed by atoms with E-state index >= 15 is 0 Å². The maximum Gasteiger partial charge on any atom is 0.269 e. The Morgan fingerprint density at radius 1 is 1.44 bits per heavy atom. The number of carbonyl (C=O) groups is 1. The van der Waals surface area contributed by atoms with Gasteiger partial charge >= 0.3 is 0 Å². The quantitative estimate of drug-likeness (QED) is 0.879. The summed E-state index contributed by atoms with van der Waals surface area (Å²) in [6, 6.07) is 2.30. The number of aromatic nitrogens is 2. The summed E-state index contributed by atoms with van der Waals surface area (Å²) in [6.45, 7) is 6.06. The largest absolute Gasteiger partial charge is 0.349 e. The summed E-state index contributed by atoms with van der Waals surface area (Å²) in [6.07, 6.45) is 3.83. The van der Waals surface area contributed by atoms with Gasteiger partial charge < -0.3 is 10.2 Å². The van der Waals surface area contributed by atoms with E-state index in [2.05, 4.69) is 22.4 Å². The van der Waals surface area contributed by atoms with E-state index in [0.29, 0.717) is 11.7 Å². The molecule has 0 atom stereocenters. The number of carbonyl (C=O) groups excluding carboxylic acids is 1. The third-order valence-corrected chi connectivity index (χ3v) is 3.36. The van der Waals surface area contributed by atoms with Gasteiger partial charge in [-0.25, -0.2) is 0 Å². The molecule has 1 aliphatic heterocycles. The molecule has 1 aromatic rings. The Balaban J connectivity index is 2.10. The summed E-state index contributed by atoms with van der Waals surface area (Å²) in [5.74, 6) is -0.0265. The molecule has 1 fully saturated rings. The van der Waals surface area contributed by atoms with Crippen LogP contribution >= 0.6 is 0 Å². The zero-order chi connectivity index (χ0) is 13.1. The van der Waals surface area contributed by atoms with E-state index in [9.17, 15) is 4.79 Å². The summed E-state index contributed by atoms with van der Waals surface area (Å²) in [5.41, 5.74) is 0.679. The van der Waals surface area contributed by atoms with Crippen LogP contribution < -0.4 is 5.32 Å². The first-order chi connectivity index (χ1) is 8.58. The molecule has 0 radical (unpaired) electrons. The molecule has 1 saturated heterocycles. The second kappa shape index (κ2) is 5.52. The van der Waals surface area contributed by atoms with Crippen LogP contribution in [-0.2, 0) is 0 Å². The van der Waals surface area contributed by atoms with Crippen molar-refractivity contribution in [2.75, 3.05) is 20.1 Å². The van der Waals surface area contributed by atoms with Gasteiger partial charge in [0, 0.05) is 12.2 Å². The Morgan fingerprint density at radius 3 is 2.72 bits per heavy atom. The molecule has 0 spiro atoms. The van der Waals surface area contributed by atoms with Gasteiger partial charge in [0.25, 0.3) is 5.91 Å². The van der Waals surface area contributed by atoms with Crippen molar-refractivity contribution >= 4 is 5.91 Å². The Bertz CT molecular complexity index is 405. The van der Waals surface area contributed by atoms with E-state index in [4.69, 9.17) is 0 Å². The van der Waals surface area contributed by atoms with Crippen molar-refractivity contribution in [2.24, 2.45) is 0 Å². The van der Waals surface area contributed by atoms with Gasteiger partial charge in [0.1, 0.15) is 5.69 Å². The zero-order valence-corrected chi connectivity index (χ0v) is 11.4. The Morgan fingerprint density at radius 2 is 2.11 bits per heavy atom. The van der Waals surface area contributed by atoms with Crippen molar-refractivity contribution in [3.63, 3.8) is 0 Å². The summed E-state index contributed by atoms with van der Waals surface area (Å²) in [4.78, 5) is 14.4. The summed E-state index contributed by atoms with van der Waals surface area (Å²) in [5, 5.41) is 7.25. The molecule has 0 aliphatic carbocycles. The Hall–Kier alpha value is -1.36. The highest BCUT2D eigenvalue weighted by molar-refractivity contribution is 5.92. The van der Waals surface area contributed by atoms with Crippen molar-refractivity contribution in [1.29, 1.82) is 0 Å². The summed E-state index contributed by atoms with van der Waals surface area (Å²) in [7, 11) is 2.13. The molecule has 100 valence electrons. The first kappa shape index (κ1) is 13.1. The van der Waals surface area contributed by atoms with Crippen LogP contribution in [0.5, 0.6) is 0 Å². The van der Waals surface area contributed by atoms with E-state index in [1.165, 1.54) is 0 Å². The van der Waals surface area contributed by atoms with Gasteiger partial charge in [-0.05, 0) is 52.9 Å². The van der Waals surface area contributed by atoms with E-state index in [1.54, 1.807) is 12.3 Å². The number of hydrogen-bond acceptors (Lipinski definition) is 3. The van der Waals surface area contributed by atoms with Crippen LogP contribution in [-0.4, -0.2) is 46.8 Å². The third-order valence-electron chi connectivity index (χ3n) is 3.36. The van der Waals surface area contributed by atoms with Crippen LogP contribution in [0.1, 0.15) is 43.2 Å². The normalized spacial score (nSPS) is 18.2.